The Morgan fingerprint density at radius 2 is 1.88 bits per heavy atom. The number of nitrogens with one attached hydrogen (secondary N) is 1. The molecule has 7 nitrogen and oxygen atoms in total. The van der Waals surface area contributed by atoms with E-state index in [1.807, 2.05) is 74.6 Å². The number of carbonyl (C=O) groups excluding carboxylic acids is 1. The van der Waals surface area contributed by atoms with Crippen LogP contribution in [-0.4, -0.2) is 38.1 Å². The molecule has 0 bridgehead atoms. The fraction of sp³-hybridized carbons (Fsp3) is 0.200. The highest BCUT2D eigenvalue weighted by Crippen LogP contribution is 2.32. The Morgan fingerprint density at radius 3 is 2.67 bits per heavy atom. The van der Waals surface area contributed by atoms with Crippen molar-refractivity contribution < 1.29 is 9.53 Å². The van der Waals surface area contributed by atoms with E-state index in [2.05, 4.69) is 14.7 Å². The molecule has 0 saturated heterocycles. The lowest BCUT2D eigenvalue weighted by molar-refractivity contribution is -0.114. The summed E-state index contributed by atoms with van der Waals surface area (Å²) < 4.78 is 7.97. The van der Waals surface area contributed by atoms with Crippen molar-refractivity contribution in [2.24, 2.45) is 16.0 Å². The number of aliphatic imine (C=N–C) groups is 1. The molecule has 166 valence electrons. The van der Waals surface area contributed by atoms with Gasteiger partial charge in [-0.1, -0.05) is 50.2 Å². The van der Waals surface area contributed by atoms with E-state index in [4.69, 9.17) is 10.1 Å². The topological polar surface area (TPSA) is 83.0 Å². The van der Waals surface area contributed by atoms with Crippen molar-refractivity contribution in [3.05, 3.63) is 71.9 Å². The summed E-state index contributed by atoms with van der Waals surface area (Å²) in [4.78, 5) is 17.0. The highest BCUT2D eigenvalue weighted by Gasteiger charge is 2.36. The number of para-hydroxylation sites is 2. The normalized spacial score (nSPS) is 17.1. The number of hydrogen-bond donors (Lipinski definition) is 1. The van der Waals surface area contributed by atoms with Crippen molar-refractivity contribution >= 4 is 50.7 Å². The number of amides is 1. The van der Waals surface area contributed by atoms with Crippen LogP contribution >= 0.6 is 11.8 Å². The lowest BCUT2D eigenvalue weighted by Gasteiger charge is -2.20. The summed E-state index contributed by atoms with van der Waals surface area (Å²) in [5.41, 5.74) is 2.13. The van der Waals surface area contributed by atoms with Gasteiger partial charge in [-0.05, 0) is 36.0 Å². The highest BCUT2D eigenvalue weighted by molar-refractivity contribution is 8.27. The standard InChI is InChI=1S/C25H23N5O2S/c1-16(2)24-28-30-22(26)20(23(31)27-25(30)33-24)14-17-15-29(21-11-7-6-10-19(17)21)12-13-32-18-8-4-3-5-9-18/h3-11,14-16,26H,12-13H2,1-2H3. The van der Waals surface area contributed by atoms with Gasteiger partial charge in [0.2, 0.25) is 5.17 Å². The zero-order valence-corrected chi connectivity index (χ0v) is 19.2. The van der Waals surface area contributed by atoms with Crippen LogP contribution in [-0.2, 0) is 11.3 Å². The Kier molecular flexibility index (Phi) is 5.60. The van der Waals surface area contributed by atoms with E-state index in [1.54, 1.807) is 6.08 Å². The molecule has 8 heteroatoms. The van der Waals surface area contributed by atoms with Gasteiger partial charge in [0.25, 0.3) is 5.91 Å². The molecule has 2 aromatic carbocycles. The van der Waals surface area contributed by atoms with Gasteiger partial charge in [-0.2, -0.15) is 15.1 Å². The minimum Gasteiger partial charge on any atom is -0.492 e. The number of hydrazone groups is 1. The summed E-state index contributed by atoms with van der Waals surface area (Å²) >= 11 is 1.35. The molecule has 0 fully saturated rings. The Bertz CT molecular complexity index is 1340. The van der Waals surface area contributed by atoms with Crippen LogP contribution < -0.4 is 4.74 Å². The molecule has 0 saturated carbocycles. The minimum absolute atomic E-state index is 0.0531. The second kappa shape index (κ2) is 8.71. The maximum atomic E-state index is 12.8. The molecule has 1 N–H and O–H groups in total. The third kappa shape index (κ3) is 4.09. The Hall–Kier alpha value is -3.65. The van der Waals surface area contributed by atoms with Gasteiger partial charge in [0.05, 0.1) is 12.1 Å². The predicted molar refractivity (Wildman–Crippen MR) is 134 cm³/mol. The molecular weight excluding hydrogens is 434 g/mol. The Labute approximate surface area is 196 Å². The van der Waals surface area contributed by atoms with Crippen LogP contribution in [0, 0.1) is 11.3 Å². The van der Waals surface area contributed by atoms with Crippen molar-refractivity contribution in [1.29, 1.82) is 5.41 Å². The number of hydrogen-bond acceptors (Lipinski definition) is 5. The molecule has 3 heterocycles. The van der Waals surface area contributed by atoms with Crippen LogP contribution in [0.25, 0.3) is 17.0 Å². The third-order valence-electron chi connectivity index (χ3n) is 5.43. The zero-order chi connectivity index (χ0) is 22.9. The summed E-state index contributed by atoms with van der Waals surface area (Å²) in [5, 5.41) is 16.9. The van der Waals surface area contributed by atoms with Crippen molar-refractivity contribution in [3.8, 4) is 5.75 Å². The monoisotopic (exact) mass is 457 g/mol. The second-order valence-corrected chi connectivity index (χ2v) is 9.06. The molecule has 0 aliphatic carbocycles. The van der Waals surface area contributed by atoms with Crippen LogP contribution in [0.5, 0.6) is 5.75 Å². The summed E-state index contributed by atoms with van der Waals surface area (Å²) in [6, 6.07) is 17.7. The van der Waals surface area contributed by atoms with Crippen LogP contribution in [0.15, 0.2) is 76.5 Å². The molecule has 1 amide bonds. The summed E-state index contributed by atoms with van der Waals surface area (Å²) in [6.07, 6.45) is 3.74. The molecule has 2 aliphatic heterocycles. The molecule has 0 radical (unpaired) electrons. The van der Waals surface area contributed by atoms with Gasteiger partial charge in [-0.25, -0.2) is 0 Å². The number of fused-ring (bicyclic) bond motifs is 2. The fourth-order valence-electron chi connectivity index (χ4n) is 3.75. The third-order valence-corrected chi connectivity index (χ3v) is 6.64. The van der Waals surface area contributed by atoms with Crippen LogP contribution in [0.3, 0.4) is 0 Å². The molecule has 0 spiro atoms. The van der Waals surface area contributed by atoms with Crippen molar-refractivity contribution in [3.63, 3.8) is 0 Å². The van der Waals surface area contributed by atoms with Crippen molar-refractivity contribution in [2.45, 2.75) is 20.4 Å². The number of thioether (sulfide) groups is 1. The van der Waals surface area contributed by atoms with E-state index in [9.17, 15) is 4.79 Å². The van der Waals surface area contributed by atoms with Crippen LogP contribution in [0.1, 0.15) is 19.4 Å². The minimum atomic E-state index is -0.414. The lowest BCUT2D eigenvalue weighted by Crippen LogP contribution is -2.35. The zero-order valence-electron chi connectivity index (χ0n) is 18.4. The molecule has 0 unspecified atom stereocenters. The summed E-state index contributed by atoms with van der Waals surface area (Å²) in [5.74, 6) is 0.673. The molecule has 2 aliphatic rings. The van der Waals surface area contributed by atoms with Gasteiger partial charge in [0.15, 0.2) is 5.84 Å². The van der Waals surface area contributed by atoms with Gasteiger partial charge in [-0.3, -0.25) is 10.2 Å². The second-order valence-electron chi connectivity index (χ2n) is 8.07. The number of ether oxygens (including phenoxy) is 1. The number of rotatable bonds is 6. The molecular formula is C25H23N5O2S. The maximum absolute atomic E-state index is 12.8. The van der Waals surface area contributed by atoms with Gasteiger partial charge in [-0.15, -0.1) is 0 Å². The van der Waals surface area contributed by atoms with Gasteiger partial charge in [0.1, 0.15) is 17.4 Å². The first kappa shape index (κ1) is 21.2. The average molecular weight is 458 g/mol. The Balaban J connectivity index is 1.44. The number of aromatic nitrogens is 1. The predicted octanol–water partition coefficient (Wildman–Crippen LogP) is 5.00. The Morgan fingerprint density at radius 1 is 1.12 bits per heavy atom. The molecule has 0 atom stereocenters. The number of amidine groups is 2. The average Bonchev–Trinajstić information content (AvgIpc) is 3.40. The number of carbonyl (C=O) groups is 1. The van der Waals surface area contributed by atoms with Gasteiger partial charge in [0, 0.05) is 28.6 Å². The van der Waals surface area contributed by atoms with Gasteiger partial charge < -0.3 is 9.30 Å². The van der Waals surface area contributed by atoms with E-state index < -0.39 is 5.91 Å². The fourth-order valence-corrected chi connectivity index (χ4v) is 4.64. The van der Waals surface area contributed by atoms with E-state index in [1.165, 1.54) is 16.8 Å². The SMILES string of the molecule is CC(C)C1=NN2C(=N)C(=Cc3cn(CCOc4ccccc4)c4ccccc34)C(=O)N=C2S1. The largest absolute Gasteiger partial charge is 0.492 e. The number of benzene rings is 2. The molecule has 33 heavy (non-hydrogen) atoms. The van der Waals surface area contributed by atoms with E-state index in [0.717, 1.165) is 27.3 Å². The van der Waals surface area contributed by atoms with E-state index in [-0.39, 0.29) is 17.3 Å². The molecule has 3 aromatic rings. The highest BCUT2D eigenvalue weighted by atomic mass is 32.2. The van der Waals surface area contributed by atoms with Crippen molar-refractivity contribution in [2.75, 3.05) is 6.61 Å². The lowest BCUT2D eigenvalue weighted by atomic mass is 10.1. The molecule has 1 aromatic heterocycles. The van der Waals surface area contributed by atoms with Crippen LogP contribution in [0.2, 0.25) is 0 Å². The first-order valence-electron chi connectivity index (χ1n) is 10.8. The maximum Gasteiger partial charge on any atom is 0.283 e. The van der Waals surface area contributed by atoms with Crippen LogP contribution in [0.4, 0.5) is 0 Å². The summed E-state index contributed by atoms with van der Waals surface area (Å²) in [6.45, 7) is 5.22. The first-order valence-corrected chi connectivity index (χ1v) is 11.6. The van der Waals surface area contributed by atoms with E-state index >= 15 is 0 Å². The quantitative estimate of drug-likeness (QED) is 0.528. The first-order chi connectivity index (χ1) is 16.0. The molecule has 5 rings (SSSR count). The summed E-state index contributed by atoms with van der Waals surface area (Å²) in [7, 11) is 0. The van der Waals surface area contributed by atoms with Crippen molar-refractivity contribution in [1.82, 2.24) is 9.58 Å². The number of nitrogens with zero attached hydrogens (tertiary/aromatic N) is 4. The van der Waals surface area contributed by atoms with E-state index in [0.29, 0.717) is 18.3 Å². The van der Waals surface area contributed by atoms with Gasteiger partial charge >= 0.3 is 0 Å². The smallest absolute Gasteiger partial charge is 0.283 e.